The molecule has 0 aliphatic rings. The predicted octanol–water partition coefficient (Wildman–Crippen LogP) is 2.61. The van der Waals surface area contributed by atoms with Crippen molar-refractivity contribution in [3.8, 4) is 0 Å². The van der Waals surface area contributed by atoms with Crippen LogP contribution in [0.1, 0.15) is 41.9 Å². The van der Waals surface area contributed by atoms with Crippen molar-refractivity contribution in [3.63, 3.8) is 0 Å². The molecule has 7 nitrogen and oxygen atoms in total. The maximum absolute atomic E-state index is 13.0. The van der Waals surface area contributed by atoms with Gasteiger partial charge in [-0.2, -0.15) is 4.37 Å². The van der Waals surface area contributed by atoms with E-state index in [4.69, 9.17) is 0 Å². The van der Waals surface area contributed by atoms with Crippen LogP contribution in [0.4, 0.5) is 0 Å². The zero-order chi connectivity index (χ0) is 19.4. The van der Waals surface area contributed by atoms with Crippen molar-refractivity contribution in [2.24, 2.45) is 0 Å². The predicted molar refractivity (Wildman–Crippen MR) is 106 cm³/mol. The molecule has 0 aliphatic carbocycles. The Morgan fingerprint density at radius 2 is 1.96 bits per heavy atom. The first kappa shape index (κ1) is 19.0. The summed E-state index contributed by atoms with van der Waals surface area (Å²) in [7, 11) is 0. The van der Waals surface area contributed by atoms with Gasteiger partial charge in [-0.25, -0.2) is 4.79 Å². The lowest BCUT2D eigenvalue weighted by atomic mass is 10.2. The van der Waals surface area contributed by atoms with Crippen molar-refractivity contribution in [2.45, 2.75) is 39.8 Å². The number of rotatable bonds is 7. The minimum absolute atomic E-state index is 0.148. The summed E-state index contributed by atoms with van der Waals surface area (Å²) < 4.78 is 5.32. The number of carbonyl (C=O) groups excluding carboxylic acids is 1. The third-order valence-electron chi connectivity index (χ3n) is 4.43. The number of H-pyrrole nitrogens is 1. The van der Waals surface area contributed by atoms with Crippen LogP contribution < -0.4 is 11.2 Å². The molecule has 3 rings (SSSR count). The van der Waals surface area contributed by atoms with E-state index in [-0.39, 0.29) is 16.9 Å². The molecule has 142 valence electrons. The second-order valence-electron chi connectivity index (χ2n) is 6.28. The first-order chi connectivity index (χ1) is 13.1. The van der Waals surface area contributed by atoms with Crippen LogP contribution in [0.2, 0.25) is 0 Å². The zero-order valence-electron chi connectivity index (χ0n) is 15.4. The molecular formula is C19H22N4O3S. The molecule has 0 radical (unpaired) electrons. The zero-order valence-corrected chi connectivity index (χ0v) is 16.2. The number of fused-ring (bicyclic) bond motifs is 1. The van der Waals surface area contributed by atoms with Crippen LogP contribution in [0, 0.1) is 0 Å². The quantitative estimate of drug-likeness (QED) is 0.676. The maximum Gasteiger partial charge on any atom is 0.328 e. The summed E-state index contributed by atoms with van der Waals surface area (Å²) in [5.74, 6) is -0.241. The topological polar surface area (TPSA) is 88.1 Å². The normalized spacial score (nSPS) is 11.0. The molecule has 0 spiro atoms. The summed E-state index contributed by atoms with van der Waals surface area (Å²) in [5.41, 5.74) is 0.455. The number of unbranched alkanes of at least 4 members (excludes halogenated alkanes) is 1. The Labute approximate surface area is 160 Å². The van der Waals surface area contributed by atoms with E-state index in [0.29, 0.717) is 24.5 Å². The standard InChI is InChI=1S/C19H22N4O3S/c1-3-5-11-23-17(24)15-14(20-19(23)26)16(27-21-15)18(25)22(4-2)12-13-9-7-6-8-10-13/h6-10H,3-5,11-12H2,1-2H3,(H,20,26). The molecule has 0 bridgehead atoms. The van der Waals surface area contributed by atoms with Crippen LogP contribution in [-0.4, -0.2) is 31.3 Å². The minimum atomic E-state index is -0.499. The smallest absolute Gasteiger partial charge is 0.328 e. The van der Waals surface area contributed by atoms with Crippen LogP contribution in [-0.2, 0) is 13.1 Å². The molecule has 0 saturated heterocycles. The Kier molecular flexibility index (Phi) is 5.85. The number of hydrogen-bond donors (Lipinski definition) is 1. The summed E-state index contributed by atoms with van der Waals surface area (Å²) in [4.78, 5) is 42.6. The average Bonchev–Trinajstić information content (AvgIpc) is 3.10. The number of amides is 1. The molecule has 1 aromatic carbocycles. The molecule has 8 heteroatoms. The van der Waals surface area contributed by atoms with E-state index >= 15 is 0 Å². The van der Waals surface area contributed by atoms with Gasteiger partial charge in [0.25, 0.3) is 11.5 Å². The summed E-state index contributed by atoms with van der Waals surface area (Å²) >= 11 is 0.956. The molecule has 0 aliphatic heterocycles. The lowest BCUT2D eigenvalue weighted by Gasteiger charge is -2.20. The third kappa shape index (κ3) is 3.85. The SMILES string of the molecule is CCCCn1c(=O)[nH]c2c(C(=O)N(CC)Cc3ccccc3)snc2c1=O. The molecule has 0 saturated carbocycles. The van der Waals surface area contributed by atoms with E-state index in [1.54, 1.807) is 4.90 Å². The van der Waals surface area contributed by atoms with Gasteiger partial charge in [-0.3, -0.25) is 14.2 Å². The van der Waals surface area contributed by atoms with Crippen LogP contribution in [0.3, 0.4) is 0 Å². The second-order valence-corrected chi connectivity index (χ2v) is 7.05. The minimum Gasteiger partial charge on any atom is -0.334 e. The van der Waals surface area contributed by atoms with Gasteiger partial charge >= 0.3 is 5.69 Å². The molecular weight excluding hydrogens is 364 g/mol. The highest BCUT2D eigenvalue weighted by molar-refractivity contribution is 7.09. The van der Waals surface area contributed by atoms with Crippen LogP contribution in [0.25, 0.3) is 11.0 Å². The summed E-state index contributed by atoms with van der Waals surface area (Å²) in [6.07, 6.45) is 1.60. The van der Waals surface area contributed by atoms with Gasteiger partial charge < -0.3 is 9.88 Å². The Morgan fingerprint density at radius 3 is 2.63 bits per heavy atom. The highest BCUT2D eigenvalue weighted by Gasteiger charge is 2.23. The van der Waals surface area contributed by atoms with Crippen molar-refractivity contribution >= 4 is 28.5 Å². The van der Waals surface area contributed by atoms with E-state index in [9.17, 15) is 14.4 Å². The lowest BCUT2D eigenvalue weighted by molar-refractivity contribution is 0.0759. The largest absolute Gasteiger partial charge is 0.334 e. The van der Waals surface area contributed by atoms with Crippen LogP contribution in [0.15, 0.2) is 39.9 Å². The first-order valence-corrected chi connectivity index (χ1v) is 9.79. The Hall–Kier alpha value is -2.74. The Morgan fingerprint density at radius 1 is 1.22 bits per heavy atom. The van der Waals surface area contributed by atoms with Gasteiger partial charge in [-0.1, -0.05) is 43.7 Å². The van der Waals surface area contributed by atoms with Gasteiger partial charge in [0, 0.05) is 19.6 Å². The number of aromatic amines is 1. The molecule has 0 unspecified atom stereocenters. The number of aromatic nitrogens is 3. The van der Waals surface area contributed by atoms with Gasteiger partial charge in [0.15, 0.2) is 5.52 Å². The molecule has 1 amide bonds. The number of hydrogen-bond acceptors (Lipinski definition) is 5. The fraction of sp³-hybridized carbons (Fsp3) is 0.368. The number of carbonyl (C=O) groups is 1. The molecule has 2 aromatic heterocycles. The van der Waals surface area contributed by atoms with Crippen molar-refractivity contribution in [3.05, 3.63) is 61.6 Å². The highest BCUT2D eigenvalue weighted by atomic mass is 32.1. The number of nitrogens with one attached hydrogen (secondary N) is 1. The fourth-order valence-corrected chi connectivity index (χ4v) is 3.68. The van der Waals surface area contributed by atoms with E-state index in [1.807, 2.05) is 44.2 Å². The van der Waals surface area contributed by atoms with Crippen molar-refractivity contribution < 1.29 is 4.79 Å². The monoisotopic (exact) mass is 386 g/mol. The fourth-order valence-electron chi connectivity index (χ4n) is 2.89. The first-order valence-electron chi connectivity index (χ1n) is 9.02. The van der Waals surface area contributed by atoms with E-state index < -0.39 is 11.2 Å². The van der Waals surface area contributed by atoms with Crippen LogP contribution >= 0.6 is 11.5 Å². The van der Waals surface area contributed by atoms with Gasteiger partial charge in [0.1, 0.15) is 4.88 Å². The summed E-state index contributed by atoms with van der Waals surface area (Å²) in [6, 6.07) is 9.68. The van der Waals surface area contributed by atoms with Gasteiger partial charge in [0.2, 0.25) is 0 Å². The average molecular weight is 386 g/mol. The molecule has 1 N–H and O–H groups in total. The molecule has 3 aromatic rings. The molecule has 27 heavy (non-hydrogen) atoms. The van der Waals surface area contributed by atoms with Gasteiger partial charge in [-0.15, -0.1) is 0 Å². The van der Waals surface area contributed by atoms with Crippen molar-refractivity contribution in [2.75, 3.05) is 6.54 Å². The van der Waals surface area contributed by atoms with E-state index in [2.05, 4.69) is 9.36 Å². The third-order valence-corrected chi connectivity index (χ3v) is 5.27. The second kappa shape index (κ2) is 8.30. The Bertz CT molecular complexity index is 1050. The Balaban J connectivity index is 1.97. The van der Waals surface area contributed by atoms with Crippen molar-refractivity contribution in [1.82, 2.24) is 18.8 Å². The van der Waals surface area contributed by atoms with Gasteiger partial charge in [-0.05, 0) is 30.4 Å². The maximum atomic E-state index is 13.0. The van der Waals surface area contributed by atoms with E-state index in [0.717, 1.165) is 34.5 Å². The van der Waals surface area contributed by atoms with Gasteiger partial charge in [0.05, 0.1) is 5.52 Å². The molecule has 0 atom stereocenters. The van der Waals surface area contributed by atoms with Crippen LogP contribution in [0.5, 0.6) is 0 Å². The number of benzene rings is 1. The lowest BCUT2D eigenvalue weighted by Crippen LogP contribution is -2.35. The number of nitrogens with zero attached hydrogens (tertiary/aromatic N) is 3. The van der Waals surface area contributed by atoms with E-state index in [1.165, 1.54) is 0 Å². The highest BCUT2D eigenvalue weighted by Crippen LogP contribution is 2.20. The molecule has 0 fully saturated rings. The summed E-state index contributed by atoms with van der Waals surface area (Å²) in [5, 5.41) is 0. The van der Waals surface area contributed by atoms with Crippen molar-refractivity contribution in [1.29, 1.82) is 0 Å². The molecule has 2 heterocycles. The summed E-state index contributed by atoms with van der Waals surface area (Å²) in [6.45, 7) is 5.18.